The van der Waals surface area contributed by atoms with E-state index in [-0.39, 0.29) is 23.6 Å². The van der Waals surface area contributed by atoms with Gasteiger partial charge in [0.1, 0.15) is 23.1 Å². The number of rotatable bonds is 4. The molecule has 0 fully saturated rings. The molecule has 0 aliphatic heterocycles. The maximum atomic E-state index is 13.5. The molecule has 21 heavy (non-hydrogen) atoms. The number of benzene rings is 2. The Morgan fingerprint density at radius 3 is 2.43 bits per heavy atom. The van der Waals surface area contributed by atoms with E-state index in [4.69, 9.17) is 10.9 Å². The Labute approximate surface area is 118 Å². The average Bonchev–Trinajstić information content (AvgIpc) is 2.47. The molecule has 110 valence electrons. The van der Waals surface area contributed by atoms with Gasteiger partial charge in [-0.3, -0.25) is 0 Å². The number of nitrogens with zero attached hydrogens (tertiary/aromatic N) is 1. The first-order valence-corrected chi connectivity index (χ1v) is 5.97. The normalized spacial score (nSPS) is 11.5. The van der Waals surface area contributed by atoms with E-state index in [2.05, 4.69) is 10.5 Å². The van der Waals surface area contributed by atoms with Crippen molar-refractivity contribution in [1.82, 2.24) is 0 Å². The summed E-state index contributed by atoms with van der Waals surface area (Å²) in [5, 5.41) is 14.1. The van der Waals surface area contributed by atoms with Gasteiger partial charge in [-0.05, 0) is 29.8 Å². The molecule has 0 aliphatic rings. The molecule has 0 heterocycles. The van der Waals surface area contributed by atoms with Gasteiger partial charge in [-0.25, -0.2) is 13.2 Å². The highest BCUT2D eigenvalue weighted by Gasteiger charge is 2.11. The van der Waals surface area contributed by atoms with Gasteiger partial charge < -0.3 is 16.3 Å². The molecule has 0 bridgehead atoms. The van der Waals surface area contributed by atoms with Crippen LogP contribution < -0.4 is 11.1 Å². The van der Waals surface area contributed by atoms with E-state index in [9.17, 15) is 13.2 Å². The first-order chi connectivity index (χ1) is 10.0. The van der Waals surface area contributed by atoms with Crippen molar-refractivity contribution in [2.75, 3.05) is 5.32 Å². The average molecular weight is 295 g/mol. The summed E-state index contributed by atoms with van der Waals surface area (Å²) in [5.41, 5.74) is 5.72. The van der Waals surface area contributed by atoms with Crippen LogP contribution in [0, 0.1) is 17.5 Å². The molecule has 4 nitrogen and oxygen atoms in total. The molecular weight excluding hydrogens is 283 g/mol. The van der Waals surface area contributed by atoms with Crippen LogP contribution in [0.1, 0.15) is 11.1 Å². The minimum absolute atomic E-state index is 0.0241. The largest absolute Gasteiger partial charge is 0.409 e. The Bertz CT molecular complexity index is 669. The van der Waals surface area contributed by atoms with E-state index in [1.165, 1.54) is 18.2 Å². The second kappa shape index (κ2) is 6.17. The lowest BCUT2D eigenvalue weighted by molar-refractivity contribution is 0.318. The number of amidine groups is 1. The number of halogens is 3. The number of hydrogen-bond donors (Lipinski definition) is 3. The van der Waals surface area contributed by atoms with Crippen LogP contribution in [-0.2, 0) is 6.54 Å². The van der Waals surface area contributed by atoms with Gasteiger partial charge in [0, 0.05) is 12.1 Å². The summed E-state index contributed by atoms with van der Waals surface area (Å²) in [4.78, 5) is 0. The molecule has 0 saturated carbocycles. The van der Waals surface area contributed by atoms with Gasteiger partial charge in [-0.15, -0.1) is 0 Å². The highest BCUT2D eigenvalue weighted by atomic mass is 19.1. The van der Waals surface area contributed by atoms with E-state index >= 15 is 0 Å². The smallest absolute Gasteiger partial charge is 0.170 e. The first kappa shape index (κ1) is 14.7. The van der Waals surface area contributed by atoms with Crippen molar-refractivity contribution < 1.29 is 18.4 Å². The fourth-order valence-corrected chi connectivity index (χ4v) is 1.85. The summed E-state index contributed by atoms with van der Waals surface area (Å²) in [6, 6.07) is 7.09. The van der Waals surface area contributed by atoms with Crippen LogP contribution in [0.5, 0.6) is 0 Å². The van der Waals surface area contributed by atoms with Crippen LogP contribution in [0.3, 0.4) is 0 Å². The Balaban J connectivity index is 2.28. The summed E-state index contributed by atoms with van der Waals surface area (Å²) in [5.74, 6) is -2.36. The summed E-state index contributed by atoms with van der Waals surface area (Å²) in [6.45, 7) is -0.0241. The van der Waals surface area contributed by atoms with Crippen LogP contribution in [-0.4, -0.2) is 11.0 Å². The molecular formula is C14H12F3N3O. The predicted molar refractivity (Wildman–Crippen MR) is 72.6 cm³/mol. The van der Waals surface area contributed by atoms with Crippen molar-refractivity contribution >= 4 is 11.5 Å². The van der Waals surface area contributed by atoms with Crippen molar-refractivity contribution in [3.8, 4) is 0 Å². The van der Waals surface area contributed by atoms with Gasteiger partial charge in [0.05, 0.1) is 0 Å². The number of nitrogens with two attached hydrogens (primary N) is 1. The molecule has 7 heteroatoms. The predicted octanol–water partition coefficient (Wildman–Crippen LogP) is 2.81. The Morgan fingerprint density at radius 2 is 1.81 bits per heavy atom. The zero-order valence-electron chi connectivity index (χ0n) is 10.8. The standard InChI is InChI=1S/C14H12F3N3O/c15-9-5-4-8(10(6-9)14(18)20-21)7-19-13-11(16)2-1-3-12(13)17/h1-6,19,21H,7H2,(H2,18,20). The van der Waals surface area contributed by atoms with Crippen molar-refractivity contribution in [2.45, 2.75) is 6.54 Å². The summed E-state index contributed by atoms with van der Waals surface area (Å²) in [7, 11) is 0. The van der Waals surface area contributed by atoms with Gasteiger partial charge in [0.25, 0.3) is 0 Å². The molecule has 0 radical (unpaired) electrons. The third kappa shape index (κ3) is 3.25. The quantitative estimate of drug-likeness (QED) is 0.351. The molecule has 2 rings (SSSR count). The molecule has 0 spiro atoms. The fourth-order valence-electron chi connectivity index (χ4n) is 1.85. The summed E-state index contributed by atoms with van der Waals surface area (Å²) < 4.78 is 40.2. The second-order valence-corrected chi connectivity index (χ2v) is 4.24. The van der Waals surface area contributed by atoms with Gasteiger partial charge >= 0.3 is 0 Å². The van der Waals surface area contributed by atoms with Crippen LogP contribution in [0.25, 0.3) is 0 Å². The molecule has 0 saturated heterocycles. The Kier molecular flexibility index (Phi) is 4.32. The number of anilines is 1. The van der Waals surface area contributed by atoms with E-state index in [0.29, 0.717) is 5.56 Å². The Hall–Kier alpha value is -2.70. The summed E-state index contributed by atoms with van der Waals surface area (Å²) in [6.07, 6.45) is 0. The van der Waals surface area contributed by atoms with Gasteiger partial charge in [0.2, 0.25) is 0 Å². The second-order valence-electron chi connectivity index (χ2n) is 4.24. The minimum atomic E-state index is -0.748. The number of hydrogen-bond acceptors (Lipinski definition) is 3. The summed E-state index contributed by atoms with van der Waals surface area (Å²) >= 11 is 0. The molecule has 0 aliphatic carbocycles. The molecule has 4 N–H and O–H groups in total. The van der Waals surface area contributed by atoms with Gasteiger partial charge in [-0.2, -0.15) is 0 Å². The van der Waals surface area contributed by atoms with Gasteiger partial charge in [0.15, 0.2) is 5.84 Å². The topological polar surface area (TPSA) is 70.6 Å². The van der Waals surface area contributed by atoms with Gasteiger partial charge in [-0.1, -0.05) is 17.3 Å². The van der Waals surface area contributed by atoms with Crippen molar-refractivity contribution in [1.29, 1.82) is 0 Å². The van der Waals surface area contributed by atoms with E-state index in [1.54, 1.807) is 0 Å². The van der Waals surface area contributed by atoms with E-state index in [1.807, 2.05) is 0 Å². The maximum absolute atomic E-state index is 13.5. The van der Waals surface area contributed by atoms with Crippen LogP contribution in [0.4, 0.5) is 18.9 Å². The number of oxime groups is 1. The van der Waals surface area contributed by atoms with Crippen molar-refractivity contribution in [3.05, 3.63) is 65.0 Å². The number of para-hydroxylation sites is 1. The number of nitrogens with one attached hydrogen (secondary N) is 1. The third-order valence-electron chi connectivity index (χ3n) is 2.87. The molecule has 0 unspecified atom stereocenters. The lowest BCUT2D eigenvalue weighted by atomic mass is 10.1. The molecule has 0 aromatic heterocycles. The molecule has 2 aromatic rings. The highest BCUT2D eigenvalue weighted by Crippen LogP contribution is 2.20. The zero-order valence-corrected chi connectivity index (χ0v) is 10.8. The Morgan fingerprint density at radius 1 is 1.14 bits per heavy atom. The zero-order chi connectivity index (χ0) is 15.4. The fraction of sp³-hybridized carbons (Fsp3) is 0.0714. The van der Waals surface area contributed by atoms with Crippen LogP contribution >= 0.6 is 0 Å². The van der Waals surface area contributed by atoms with E-state index in [0.717, 1.165) is 18.2 Å². The first-order valence-electron chi connectivity index (χ1n) is 5.97. The molecule has 0 atom stereocenters. The van der Waals surface area contributed by atoms with E-state index < -0.39 is 17.5 Å². The van der Waals surface area contributed by atoms with Crippen LogP contribution in [0.15, 0.2) is 41.6 Å². The lowest BCUT2D eigenvalue weighted by Crippen LogP contribution is -2.17. The highest BCUT2D eigenvalue weighted by molar-refractivity contribution is 5.98. The monoisotopic (exact) mass is 295 g/mol. The maximum Gasteiger partial charge on any atom is 0.170 e. The lowest BCUT2D eigenvalue weighted by Gasteiger charge is -2.12. The molecule has 2 aromatic carbocycles. The minimum Gasteiger partial charge on any atom is -0.409 e. The van der Waals surface area contributed by atoms with Crippen LogP contribution in [0.2, 0.25) is 0 Å². The third-order valence-corrected chi connectivity index (χ3v) is 2.87. The van der Waals surface area contributed by atoms with Crippen molar-refractivity contribution in [2.24, 2.45) is 10.9 Å². The van der Waals surface area contributed by atoms with Crippen molar-refractivity contribution in [3.63, 3.8) is 0 Å². The molecule has 0 amide bonds. The SMILES string of the molecule is NC(=NO)c1cc(F)ccc1CNc1c(F)cccc1F.